The first-order valence-corrected chi connectivity index (χ1v) is 11.2. The van der Waals surface area contributed by atoms with Gasteiger partial charge in [0.05, 0.1) is 16.8 Å². The smallest absolute Gasteiger partial charge is 0.320 e. The summed E-state index contributed by atoms with van der Waals surface area (Å²) in [4.78, 5) is 15.2. The third kappa shape index (κ3) is 5.20. The molecule has 0 radical (unpaired) electrons. The van der Waals surface area contributed by atoms with Crippen molar-refractivity contribution < 1.29 is 31.1 Å². The van der Waals surface area contributed by atoms with E-state index in [0.29, 0.717) is 22.8 Å². The highest BCUT2D eigenvalue weighted by molar-refractivity contribution is 6.31. The van der Waals surface area contributed by atoms with E-state index in [1.807, 2.05) is 5.43 Å². The van der Waals surface area contributed by atoms with Crippen LogP contribution in [0, 0.1) is 0 Å². The number of hydrogen-bond donors (Lipinski definition) is 2. The fraction of sp³-hybridized carbons (Fsp3) is 0.125. The summed E-state index contributed by atoms with van der Waals surface area (Å²) in [6.45, 7) is 0. The Kier molecular flexibility index (Phi) is 7.06. The lowest BCUT2D eigenvalue weighted by molar-refractivity contribution is -0.142. The number of amides is 1. The van der Waals surface area contributed by atoms with Gasteiger partial charge in [0.1, 0.15) is 11.9 Å². The van der Waals surface area contributed by atoms with Crippen molar-refractivity contribution in [3.05, 3.63) is 105 Å². The maximum Gasteiger partial charge on any atom is 0.418 e. The van der Waals surface area contributed by atoms with E-state index in [4.69, 9.17) is 29.0 Å². The summed E-state index contributed by atoms with van der Waals surface area (Å²) in [6, 6.07) is 13.5. The Bertz CT molecular complexity index is 1360. The molecule has 3 N–H and O–H groups in total. The lowest BCUT2D eigenvalue weighted by Gasteiger charge is -2.36. The Balaban J connectivity index is 2.02. The van der Waals surface area contributed by atoms with Crippen LogP contribution in [0.5, 0.6) is 0 Å². The van der Waals surface area contributed by atoms with Crippen LogP contribution in [-0.4, -0.2) is 5.91 Å². The van der Waals surface area contributed by atoms with Gasteiger partial charge in [-0.1, -0.05) is 41.4 Å². The molecule has 3 aromatic carbocycles. The van der Waals surface area contributed by atoms with Crippen molar-refractivity contribution in [2.24, 2.45) is 5.84 Å². The minimum absolute atomic E-state index is 0.00190. The molecule has 3 aromatic rings. The van der Waals surface area contributed by atoms with Gasteiger partial charge in [-0.2, -0.15) is 26.3 Å². The summed E-state index contributed by atoms with van der Waals surface area (Å²) < 4.78 is 82.5. The molecule has 0 bridgehead atoms. The van der Waals surface area contributed by atoms with Gasteiger partial charge in [-0.3, -0.25) is 10.2 Å². The Hall–Kier alpha value is -3.41. The molecule has 1 unspecified atom stereocenters. The van der Waals surface area contributed by atoms with E-state index in [2.05, 4.69) is 0 Å². The van der Waals surface area contributed by atoms with Gasteiger partial charge in [0.2, 0.25) is 0 Å². The van der Waals surface area contributed by atoms with Gasteiger partial charge in [-0.05, 0) is 48.5 Å². The third-order valence-corrected chi connectivity index (χ3v) is 6.19. The summed E-state index contributed by atoms with van der Waals surface area (Å²) in [5.74, 6) is 4.33. The minimum atomic E-state index is -5.21. The molecule has 0 saturated heterocycles. The van der Waals surface area contributed by atoms with Crippen LogP contribution in [0.4, 0.5) is 37.7 Å². The molecule has 0 spiro atoms. The van der Waals surface area contributed by atoms with E-state index >= 15 is 0 Å². The molecular formula is C24H16Cl2F6N4O. The average Bonchev–Trinajstić information content (AvgIpc) is 3.23. The Morgan fingerprint density at radius 1 is 0.892 bits per heavy atom. The maximum absolute atomic E-state index is 14.2. The Morgan fingerprint density at radius 2 is 1.54 bits per heavy atom. The second-order valence-electron chi connectivity index (χ2n) is 7.86. The maximum atomic E-state index is 14.2. The topological polar surface area (TPSA) is 61.6 Å². The molecule has 37 heavy (non-hydrogen) atoms. The largest absolute Gasteiger partial charge is 0.418 e. The highest BCUT2D eigenvalue weighted by Gasteiger charge is 2.45. The number of hydrazine groups is 1. The van der Waals surface area contributed by atoms with Crippen LogP contribution in [-0.2, 0) is 17.1 Å². The van der Waals surface area contributed by atoms with Crippen LogP contribution in [0.25, 0.3) is 0 Å². The molecule has 13 heteroatoms. The monoisotopic (exact) mass is 560 g/mol. The number of halogens is 8. The quantitative estimate of drug-likeness (QED) is 0.158. The van der Waals surface area contributed by atoms with Crippen LogP contribution in [0.1, 0.15) is 22.9 Å². The summed E-state index contributed by atoms with van der Waals surface area (Å²) in [5, 5.41) is 0.514. The highest BCUT2D eigenvalue weighted by atomic mass is 35.5. The highest BCUT2D eigenvalue weighted by Crippen LogP contribution is 2.48. The van der Waals surface area contributed by atoms with E-state index in [1.165, 1.54) is 35.4 Å². The zero-order valence-corrected chi connectivity index (χ0v) is 19.9. The molecule has 0 fully saturated rings. The predicted octanol–water partition coefficient (Wildman–Crippen LogP) is 6.89. The molecule has 4 rings (SSSR count). The molecule has 1 heterocycles. The van der Waals surface area contributed by atoms with Crippen LogP contribution < -0.4 is 21.1 Å². The van der Waals surface area contributed by atoms with Crippen molar-refractivity contribution in [3.63, 3.8) is 0 Å². The molecule has 1 atom stereocenters. The summed E-state index contributed by atoms with van der Waals surface area (Å²) >= 11 is 12.4. The van der Waals surface area contributed by atoms with Crippen molar-refractivity contribution in [1.29, 1.82) is 0 Å². The predicted molar refractivity (Wildman–Crippen MR) is 127 cm³/mol. The zero-order chi connectivity index (χ0) is 27.1. The molecule has 1 amide bonds. The molecule has 5 nitrogen and oxygen atoms in total. The van der Waals surface area contributed by atoms with E-state index < -0.39 is 41.2 Å². The Labute approximate surface area is 216 Å². The molecular weight excluding hydrogens is 545 g/mol. The molecule has 0 aromatic heterocycles. The Morgan fingerprint density at radius 3 is 2.11 bits per heavy atom. The standard InChI is InChI=1S/C24H16Cl2F6N4O/c25-14-6-8-15(9-7-14)35-12-20(21(37)34-33)36(22(35)16-3-1-2-4-18(16)26)19-10-5-13(23(27,28)29)11-17(19)24(30,31)32/h1-12,22H,33H2,(H,34,37). The third-order valence-electron chi connectivity index (χ3n) is 5.59. The average molecular weight is 561 g/mol. The number of nitrogens with two attached hydrogens (primary N) is 1. The van der Waals surface area contributed by atoms with Gasteiger partial charge >= 0.3 is 12.4 Å². The fourth-order valence-corrected chi connectivity index (χ4v) is 4.34. The van der Waals surface area contributed by atoms with E-state index in [1.54, 1.807) is 24.3 Å². The van der Waals surface area contributed by atoms with Crippen LogP contribution >= 0.6 is 23.2 Å². The zero-order valence-electron chi connectivity index (χ0n) is 18.4. The number of nitrogens with zero attached hydrogens (tertiary/aromatic N) is 2. The molecule has 0 aliphatic carbocycles. The van der Waals surface area contributed by atoms with Crippen LogP contribution in [0.2, 0.25) is 10.0 Å². The summed E-state index contributed by atoms with van der Waals surface area (Å²) in [6.07, 6.45) is -10.2. The second-order valence-corrected chi connectivity index (χ2v) is 8.71. The molecule has 1 aliphatic heterocycles. The molecule has 1 aliphatic rings. The van der Waals surface area contributed by atoms with Crippen molar-refractivity contribution in [2.45, 2.75) is 18.5 Å². The van der Waals surface area contributed by atoms with Crippen LogP contribution in [0.15, 0.2) is 78.6 Å². The summed E-state index contributed by atoms with van der Waals surface area (Å²) in [7, 11) is 0. The van der Waals surface area contributed by atoms with Gasteiger partial charge in [0, 0.05) is 27.5 Å². The van der Waals surface area contributed by atoms with Crippen molar-refractivity contribution in [3.8, 4) is 0 Å². The number of carbonyl (C=O) groups is 1. The fourth-order valence-electron chi connectivity index (χ4n) is 3.98. The first kappa shape index (κ1) is 26.6. The SMILES string of the molecule is NNC(=O)C1=CN(c2ccc(Cl)cc2)C(c2ccccc2Cl)N1c1ccc(C(F)(F)F)cc1C(F)(F)F. The van der Waals surface area contributed by atoms with Gasteiger partial charge in [-0.25, -0.2) is 5.84 Å². The summed E-state index contributed by atoms with van der Waals surface area (Å²) in [5.41, 5.74) is -1.64. The minimum Gasteiger partial charge on any atom is -0.320 e. The lowest BCUT2D eigenvalue weighted by Crippen LogP contribution is -2.40. The number of hydrogen-bond acceptors (Lipinski definition) is 4. The number of nitrogens with one attached hydrogen (secondary N) is 1. The van der Waals surface area contributed by atoms with E-state index in [0.717, 1.165) is 4.90 Å². The lowest BCUT2D eigenvalue weighted by atomic mass is 10.0. The van der Waals surface area contributed by atoms with Crippen molar-refractivity contribution in [1.82, 2.24) is 5.43 Å². The van der Waals surface area contributed by atoms with Gasteiger partial charge in [0.25, 0.3) is 5.91 Å². The van der Waals surface area contributed by atoms with Crippen molar-refractivity contribution in [2.75, 3.05) is 9.80 Å². The molecule has 0 saturated carbocycles. The number of benzene rings is 3. The van der Waals surface area contributed by atoms with E-state index in [9.17, 15) is 31.1 Å². The van der Waals surface area contributed by atoms with Gasteiger partial charge < -0.3 is 9.80 Å². The number of carbonyl (C=O) groups excluding carboxylic acids is 1. The van der Waals surface area contributed by atoms with Crippen LogP contribution in [0.3, 0.4) is 0 Å². The molecule has 194 valence electrons. The number of rotatable bonds is 4. The number of alkyl halides is 6. The number of anilines is 2. The van der Waals surface area contributed by atoms with Crippen molar-refractivity contribution >= 4 is 40.5 Å². The van der Waals surface area contributed by atoms with Gasteiger partial charge in [0.15, 0.2) is 0 Å². The first-order valence-electron chi connectivity index (χ1n) is 10.4. The van der Waals surface area contributed by atoms with E-state index in [-0.39, 0.29) is 22.3 Å². The first-order chi connectivity index (χ1) is 17.3. The van der Waals surface area contributed by atoms with Gasteiger partial charge in [-0.15, -0.1) is 0 Å². The second kappa shape index (κ2) is 9.81. The normalized spacial score (nSPS) is 16.1.